The third-order valence-corrected chi connectivity index (χ3v) is 3.56. The Labute approximate surface area is 96.6 Å². The van der Waals surface area contributed by atoms with E-state index < -0.39 is 0 Å². The number of hydrogen-bond donors (Lipinski definition) is 2. The molecule has 0 spiro atoms. The molecule has 1 saturated carbocycles. The van der Waals surface area contributed by atoms with Gasteiger partial charge in [-0.25, -0.2) is 15.8 Å². The van der Waals surface area contributed by atoms with Crippen molar-refractivity contribution in [3.05, 3.63) is 17.1 Å². The van der Waals surface area contributed by atoms with Crippen molar-refractivity contribution < 1.29 is 0 Å². The molecule has 1 heterocycles. The van der Waals surface area contributed by atoms with Crippen molar-refractivity contribution in [2.24, 2.45) is 11.3 Å². The lowest BCUT2D eigenvalue weighted by Gasteiger charge is -2.11. The third kappa shape index (κ3) is 1.78. The number of nitrogen functional groups attached to an aromatic ring is 1. The van der Waals surface area contributed by atoms with Gasteiger partial charge >= 0.3 is 0 Å². The number of aryl methyl sites for hydroxylation is 1. The summed E-state index contributed by atoms with van der Waals surface area (Å²) in [5.41, 5.74) is 5.18. The van der Waals surface area contributed by atoms with Crippen LogP contribution in [-0.4, -0.2) is 9.97 Å². The van der Waals surface area contributed by atoms with Gasteiger partial charge in [0, 0.05) is 17.2 Å². The molecule has 1 unspecified atom stereocenters. The molecule has 0 aliphatic heterocycles. The van der Waals surface area contributed by atoms with Crippen LogP contribution in [0.2, 0.25) is 0 Å². The van der Waals surface area contributed by atoms with Crippen LogP contribution in [0.1, 0.15) is 50.2 Å². The van der Waals surface area contributed by atoms with Gasteiger partial charge in [-0.1, -0.05) is 20.8 Å². The molecule has 0 saturated heterocycles. The van der Waals surface area contributed by atoms with Gasteiger partial charge in [-0.2, -0.15) is 0 Å². The predicted octanol–water partition coefficient (Wildman–Crippen LogP) is 2.15. The van der Waals surface area contributed by atoms with Gasteiger partial charge in [0.05, 0.1) is 0 Å². The van der Waals surface area contributed by atoms with E-state index in [4.69, 9.17) is 5.84 Å². The van der Waals surface area contributed by atoms with Crippen molar-refractivity contribution >= 4 is 5.82 Å². The molecule has 88 valence electrons. The molecule has 1 atom stereocenters. The van der Waals surface area contributed by atoms with E-state index in [1.807, 2.05) is 6.92 Å². The lowest BCUT2D eigenvalue weighted by molar-refractivity contribution is 0.606. The molecule has 1 aliphatic rings. The lowest BCUT2D eigenvalue weighted by atomic mass is 10.1. The quantitative estimate of drug-likeness (QED) is 0.605. The Kier molecular flexibility index (Phi) is 2.62. The van der Waals surface area contributed by atoms with Crippen molar-refractivity contribution in [1.29, 1.82) is 0 Å². The number of anilines is 1. The number of rotatable bonds is 3. The summed E-state index contributed by atoms with van der Waals surface area (Å²) in [7, 11) is 0. The molecule has 16 heavy (non-hydrogen) atoms. The van der Waals surface area contributed by atoms with E-state index in [2.05, 4.69) is 36.2 Å². The highest BCUT2D eigenvalue weighted by Crippen LogP contribution is 2.57. The Balaban J connectivity index is 2.40. The van der Waals surface area contributed by atoms with Gasteiger partial charge in [-0.05, 0) is 25.2 Å². The van der Waals surface area contributed by atoms with Crippen molar-refractivity contribution in [3.63, 3.8) is 0 Å². The zero-order valence-corrected chi connectivity index (χ0v) is 10.5. The fraction of sp³-hybridized carbons (Fsp3) is 0.667. The SMILES string of the molecule is CCc1nc(C2CC2(C)C)nc(NN)c1C. The fourth-order valence-corrected chi connectivity index (χ4v) is 2.13. The van der Waals surface area contributed by atoms with E-state index in [0.29, 0.717) is 11.3 Å². The van der Waals surface area contributed by atoms with Crippen LogP contribution in [0, 0.1) is 12.3 Å². The van der Waals surface area contributed by atoms with Crippen LogP contribution in [0.4, 0.5) is 5.82 Å². The number of hydrogen-bond acceptors (Lipinski definition) is 4. The number of hydrazine groups is 1. The summed E-state index contributed by atoms with van der Waals surface area (Å²) in [6, 6.07) is 0. The van der Waals surface area contributed by atoms with Crippen molar-refractivity contribution in [2.45, 2.75) is 46.5 Å². The first-order chi connectivity index (χ1) is 7.49. The highest BCUT2D eigenvalue weighted by Gasteiger charge is 2.48. The third-order valence-electron chi connectivity index (χ3n) is 3.56. The van der Waals surface area contributed by atoms with Gasteiger partial charge in [-0.3, -0.25) is 0 Å². The Morgan fingerprint density at radius 1 is 1.44 bits per heavy atom. The maximum Gasteiger partial charge on any atom is 0.146 e. The second-order valence-corrected chi connectivity index (χ2v) is 5.25. The molecule has 0 aromatic carbocycles. The summed E-state index contributed by atoms with van der Waals surface area (Å²) in [5.74, 6) is 7.70. The minimum Gasteiger partial charge on any atom is -0.308 e. The van der Waals surface area contributed by atoms with Crippen molar-refractivity contribution in [2.75, 3.05) is 5.43 Å². The molecular formula is C12H20N4. The Morgan fingerprint density at radius 3 is 2.50 bits per heavy atom. The van der Waals surface area contributed by atoms with Crippen LogP contribution >= 0.6 is 0 Å². The molecule has 2 rings (SSSR count). The molecule has 1 fully saturated rings. The number of aromatic nitrogens is 2. The van der Waals surface area contributed by atoms with Gasteiger partial charge in [-0.15, -0.1) is 0 Å². The largest absolute Gasteiger partial charge is 0.308 e. The molecule has 1 aromatic rings. The summed E-state index contributed by atoms with van der Waals surface area (Å²) in [6.07, 6.45) is 2.09. The van der Waals surface area contributed by atoms with Crippen LogP contribution in [0.5, 0.6) is 0 Å². The Hall–Kier alpha value is -1.16. The summed E-state index contributed by atoms with van der Waals surface area (Å²) in [4.78, 5) is 9.16. The molecule has 1 aromatic heterocycles. The summed E-state index contributed by atoms with van der Waals surface area (Å²) >= 11 is 0. The molecule has 0 amide bonds. The Bertz CT molecular complexity index is 386. The first-order valence-corrected chi connectivity index (χ1v) is 5.83. The summed E-state index contributed by atoms with van der Waals surface area (Å²) < 4.78 is 0. The second-order valence-electron chi connectivity index (χ2n) is 5.25. The van der Waals surface area contributed by atoms with Crippen LogP contribution in [0.3, 0.4) is 0 Å². The second kappa shape index (κ2) is 3.70. The average molecular weight is 220 g/mol. The predicted molar refractivity (Wildman–Crippen MR) is 65.1 cm³/mol. The number of nitrogens with two attached hydrogens (primary N) is 1. The standard InChI is InChI=1S/C12H20N4/c1-5-9-7(2)10(16-13)15-11(14-9)8-6-12(8,3)4/h8H,5-6,13H2,1-4H3,(H,14,15,16). The summed E-state index contributed by atoms with van der Waals surface area (Å²) in [6.45, 7) is 8.62. The van der Waals surface area contributed by atoms with E-state index in [-0.39, 0.29) is 0 Å². The minimum absolute atomic E-state index is 0.353. The zero-order valence-electron chi connectivity index (χ0n) is 10.5. The molecule has 4 heteroatoms. The van der Waals surface area contributed by atoms with Crippen molar-refractivity contribution in [3.8, 4) is 0 Å². The maximum atomic E-state index is 5.49. The van der Waals surface area contributed by atoms with Crippen LogP contribution < -0.4 is 11.3 Å². The van der Waals surface area contributed by atoms with Gasteiger partial charge in [0.1, 0.15) is 11.6 Å². The van der Waals surface area contributed by atoms with Gasteiger partial charge in [0.2, 0.25) is 0 Å². The summed E-state index contributed by atoms with van der Waals surface area (Å²) in [5, 5.41) is 0. The van der Waals surface area contributed by atoms with E-state index in [9.17, 15) is 0 Å². The molecule has 3 N–H and O–H groups in total. The van der Waals surface area contributed by atoms with E-state index >= 15 is 0 Å². The normalized spacial score (nSPS) is 21.9. The zero-order chi connectivity index (χ0) is 11.9. The number of nitrogens with one attached hydrogen (secondary N) is 1. The highest BCUT2D eigenvalue weighted by atomic mass is 15.3. The van der Waals surface area contributed by atoms with Gasteiger partial charge < -0.3 is 5.43 Å². The molecule has 0 radical (unpaired) electrons. The maximum absolute atomic E-state index is 5.49. The van der Waals surface area contributed by atoms with Gasteiger partial charge in [0.25, 0.3) is 0 Å². The number of nitrogens with zero attached hydrogens (tertiary/aromatic N) is 2. The van der Waals surface area contributed by atoms with E-state index in [1.165, 1.54) is 6.42 Å². The molecule has 1 aliphatic carbocycles. The fourth-order valence-electron chi connectivity index (χ4n) is 2.13. The average Bonchev–Trinajstić information content (AvgIpc) is 2.88. The highest BCUT2D eigenvalue weighted by molar-refractivity contribution is 5.45. The first-order valence-electron chi connectivity index (χ1n) is 5.83. The van der Waals surface area contributed by atoms with Crippen LogP contribution in [0.25, 0.3) is 0 Å². The molecular weight excluding hydrogens is 200 g/mol. The first kappa shape index (κ1) is 11.3. The van der Waals surface area contributed by atoms with E-state index in [0.717, 1.165) is 29.3 Å². The topological polar surface area (TPSA) is 63.8 Å². The minimum atomic E-state index is 0.353. The molecule has 0 bridgehead atoms. The van der Waals surface area contributed by atoms with E-state index in [1.54, 1.807) is 0 Å². The van der Waals surface area contributed by atoms with Gasteiger partial charge in [0.15, 0.2) is 0 Å². The lowest BCUT2D eigenvalue weighted by Crippen LogP contribution is -2.14. The smallest absolute Gasteiger partial charge is 0.146 e. The van der Waals surface area contributed by atoms with Crippen LogP contribution in [0.15, 0.2) is 0 Å². The monoisotopic (exact) mass is 220 g/mol. The Morgan fingerprint density at radius 2 is 2.06 bits per heavy atom. The van der Waals surface area contributed by atoms with Crippen LogP contribution in [-0.2, 0) is 6.42 Å². The van der Waals surface area contributed by atoms with Crippen molar-refractivity contribution in [1.82, 2.24) is 9.97 Å². The molecule has 4 nitrogen and oxygen atoms in total.